The number of hydrogen-bond acceptors (Lipinski definition) is 1. The smallest absolute Gasteiger partial charge is 0.0631 e. The van der Waals surface area contributed by atoms with Gasteiger partial charge < -0.3 is 4.74 Å². The van der Waals surface area contributed by atoms with Gasteiger partial charge in [0.2, 0.25) is 0 Å². The summed E-state index contributed by atoms with van der Waals surface area (Å²) in [6.07, 6.45) is 2.13. The van der Waals surface area contributed by atoms with Gasteiger partial charge in [0, 0.05) is 0 Å². The van der Waals surface area contributed by atoms with E-state index in [1.54, 1.807) is 0 Å². The van der Waals surface area contributed by atoms with E-state index in [1.165, 1.54) is 11.1 Å². The van der Waals surface area contributed by atoms with Crippen molar-refractivity contribution in [2.75, 3.05) is 0 Å². The molecule has 0 saturated carbocycles. The second kappa shape index (κ2) is 7.69. The van der Waals surface area contributed by atoms with Crippen LogP contribution in [0.15, 0.2) is 24.3 Å². The molecule has 0 fully saturated rings. The number of hydrogen-bond donors (Lipinski definition) is 0. The highest BCUT2D eigenvalue weighted by Gasteiger charge is 2.25. The third-order valence-electron chi connectivity index (χ3n) is 3.47. The molecule has 0 aromatic heterocycles. The minimum atomic E-state index is 0.0273. The first-order valence-corrected chi connectivity index (χ1v) is 7.35. The van der Waals surface area contributed by atoms with E-state index in [-0.39, 0.29) is 11.2 Å². The fourth-order valence-corrected chi connectivity index (χ4v) is 1.53. The summed E-state index contributed by atoms with van der Waals surface area (Å²) in [6, 6.07) is 8.48. The van der Waals surface area contributed by atoms with Gasteiger partial charge in [0.1, 0.15) is 0 Å². The van der Waals surface area contributed by atoms with Crippen LogP contribution in [0.2, 0.25) is 0 Å². The van der Waals surface area contributed by atoms with Gasteiger partial charge in [-0.15, -0.1) is 0 Å². The van der Waals surface area contributed by atoms with Crippen molar-refractivity contribution in [2.45, 2.75) is 79.4 Å². The van der Waals surface area contributed by atoms with Crippen molar-refractivity contribution in [3.05, 3.63) is 35.4 Å². The summed E-state index contributed by atoms with van der Waals surface area (Å²) in [5, 5.41) is 0. The monoisotopic (exact) mass is 264 g/mol. The van der Waals surface area contributed by atoms with Gasteiger partial charge in [-0.3, -0.25) is 0 Å². The van der Waals surface area contributed by atoms with Crippen molar-refractivity contribution in [1.82, 2.24) is 0 Å². The van der Waals surface area contributed by atoms with Gasteiger partial charge >= 0.3 is 0 Å². The molecule has 0 saturated heterocycles. The second-order valence-electron chi connectivity index (χ2n) is 6.48. The van der Waals surface area contributed by atoms with Crippen LogP contribution in [-0.4, -0.2) is 11.2 Å². The van der Waals surface area contributed by atoms with Gasteiger partial charge in [-0.25, -0.2) is 0 Å². The van der Waals surface area contributed by atoms with Crippen LogP contribution < -0.4 is 0 Å². The fraction of sp³-hybridized carbons (Fsp3) is 0.667. The lowest BCUT2D eigenvalue weighted by Crippen LogP contribution is -2.35. The molecule has 1 nitrogen and oxygen atoms in total. The van der Waals surface area contributed by atoms with Gasteiger partial charge in [0.05, 0.1) is 11.2 Å². The van der Waals surface area contributed by atoms with E-state index in [0.717, 1.165) is 12.8 Å². The van der Waals surface area contributed by atoms with Crippen LogP contribution in [0.25, 0.3) is 0 Å². The highest BCUT2D eigenvalue weighted by Crippen LogP contribution is 2.24. The Hall–Kier alpha value is -0.820. The van der Waals surface area contributed by atoms with Gasteiger partial charge in [-0.05, 0) is 54.4 Å². The van der Waals surface area contributed by atoms with Gasteiger partial charge in [0.15, 0.2) is 0 Å². The summed E-state index contributed by atoms with van der Waals surface area (Å²) in [6.45, 7) is 17.1. The van der Waals surface area contributed by atoms with Crippen LogP contribution in [0.5, 0.6) is 0 Å². The van der Waals surface area contributed by atoms with Crippen LogP contribution in [0, 0.1) is 13.8 Å². The summed E-state index contributed by atoms with van der Waals surface area (Å²) in [5.74, 6) is 0. The van der Waals surface area contributed by atoms with Crippen molar-refractivity contribution in [1.29, 1.82) is 0 Å². The normalized spacial score (nSPS) is 11.8. The van der Waals surface area contributed by atoms with Crippen LogP contribution in [0.1, 0.15) is 65.5 Å². The molecular formula is C18H32O. The molecule has 1 rings (SSSR count). The lowest BCUT2D eigenvalue weighted by molar-refractivity contribution is -0.124. The molecule has 0 spiro atoms. The second-order valence-corrected chi connectivity index (χ2v) is 6.48. The maximum Gasteiger partial charge on any atom is 0.0631 e. The first kappa shape index (κ1) is 18.2. The Morgan fingerprint density at radius 2 is 1.00 bits per heavy atom. The number of ether oxygens (including phenoxy) is 1. The molecule has 0 bridgehead atoms. The van der Waals surface area contributed by atoms with Gasteiger partial charge in [-0.1, -0.05) is 49.2 Å². The van der Waals surface area contributed by atoms with Crippen LogP contribution in [-0.2, 0) is 4.74 Å². The van der Waals surface area contributed by atoms with Crippen molar-refractivity contribution < 1.29 is 4.74 Å². The van der Waals surface area contributed by atoms with E-state index in [4.69, 9.17) is 4.74 Å². The fourth-order valence-electron chi connectivity index (χ4n) is 1.53. The molecule has 0 aliphatic carbocycles. The Labute approximate surface area is 120 Å². The molecule has 0 unspecified atom stereocenters. The molecule has 0 amide bonds. The molecule has 0 heterocycles. The summed E-state index contributed by atoms with van der Waals surface area (Å²) >= 11 is 0. The minimum Gasteiger partial charge on any atom is -0.370 e. The van der Waals surface area contributed by atoms with Crippen LogP contribution in [0.3, 0.4) is 0 Å². The maximum atomic E-state index is 5.92. The Kier molecular flexibility index (Phi) is 7.36. The Balaban J connectivity index is 0.000000356. The Bertz CT molecular complexity index is 311. The van der Waals surface area contributed by atoms with E-state index in [0.29, 0.717) is 0 Å². The highest BCUT2D eigenvalue weighted by atomic mass is 16.5. The number of benzene rings is 1. The predicted octanol–water partition coefficient (Wildman–Crippen LogP) is 5.68. The van der Waals surface area contributed by atoms with E-state index in [2.05, 4.69) is 79.7 Å². The van der Waals surface area contributed by atoms with E-state index >= 15 is 0 Å². The first-order valence-electron chi connectivity index (χ1n) is 7.35. The predicted molar refractivity (Wildman–Crippen MR) is 85.7 cm³/mol. The molecular weight excluding hydrogens is 232 g/mol. The molecule has 19 heavy (non-hydrogen) atoms. The number of aryl methyl sites for hydroxylation is 2. The zero-order valence-electron chi connectivity index (χ0n) is 14.1. The summed E-state index contributed by atoms with van der Waals surface area (Å²) in [5.41, 5.74) is 2.71. The largest absolute Gasteiger partial charge is 0.370 e. The minimum absolute atomic E-state index is 0.0273. The molecule has 0 N–H and O–H groups in total. The molecule has 0 radical (unpaired) electrons. The molecule has 0 aliphatic heterocycles. The Morgan fingerprint density at radius 3 is 1.21 bits per heavy atom. The molecule has 0 atom stereocenters. The van der Waals surface area contributed by atoms with Crippen molar-refractivity contribution in [3.8, 4) is 0 Å². The lowest BCUT2D eigenvalue weighted by Gasteiger charge is -2.34. The Morgan fingerprint density at radius 1 is 0.737 bits per heavy atom. The van der Waals surface area contributed by atoms with E-state index in [1.807, 2.05) is 0 Å². The van der Waals surface area contributed by atoms with E-state index in [9.17, 15) is 0 Å². The van der Waals surface area contributed by atoms with E-state index < -0.39 is 0 Å². The molecule has 1 heteroatoms. The topological polar surface area (TPSA) is 9.23 Å². The molecule has 1 aromatic rings. The number of rotatable bonds is 4. The SMILES string of the molecule is CCC(C)(C)OC(C)(C)CC.Cc1ccc(C)cc1. The molecule has 0 aliphatic rings. The van der Waals surface area contributed by atoms with Crippen molar-refractivity contribution in [2.24, 2.45) is 0 Å². The quantitative estimate of drug-likeness (QED) is 0.679. The van der Waals surface area contributed by atoms with Gasteiger partial charge in [0.25, 0.3) is 0 Å². The van der Waals surface area contributed by atoms with Crippen LogP contribution >= 0.6 is 0 Å². The highest BCUT2D eigenvalue weighted by molar-refractivity contribution is 5.19. The first-order chi connectivity index (χ1) is 8.62. The average Bonchev–Trinajstić information content (AvgIpc) is 2.33. The van der Waals surface area contributed by atoms with Crippen molar-refractivity contribution >= 4 is 0 Å². The third-order valence-corrected chi connectivity index (χ3v) is 3.47. The standard InChI is InChI=1S/C10H22O.C8H10/c1-7-9(3,4)11-10(5,6)8-2;1-7-3-5-8(2)6-4-7/h7-8H2,1-6H3;3-6H,1-2H3. The summed E-state index contributed by atoms with van der Waals surface area (Å²) in [4.78, 5) is 0. The lowest BCUT2D eigenvalue weighted by atomic mass is 10.0. The maximum absolute atomic E-state index is 5.92. The molecule has 1 aromatic carbocycles. The zero-order chi connectivity index (χ0) is 15.1. The summed E-state index contributed by atoms with van der Waals surface area (Å²) in [7, 11) is 0. The van der Waals surface area contributed by atoms with Gasteiger partial charge in [-0.2, -0.15) is 0 Å². The van der Waals surface area contributed by atoms with Crippen LogP contribution in [0.4, 0.5) is 0 Å². The zero-order valence-corrected chi connectivity index (χ0v) is 14.1. The third kappa shape index (κ3) is 8.83. The molecule has 110 valence electrons. The van der Waals surface area contributed by atoms with Crippen molar-refractivity contribution in [3.63, 3.8) is 0 Å². The average molecular weight is 264 g/mol. The summed E-state index contributed by atoms with van der Waals surface area (Å²) < 4.78 is 5.92.